The van der Waals surface area contributed by atoms with Gasteiger partial charge < -0.3 is 51.7 Å². The molecule has 0 spiro atoms. The molecule has 3 aromatic rings. The number of carboxylic acids is 2. The maximum Gasteiger partial charge on any atom is 0.319 e. The second-order valence-corrected chi connectivity index (χ2v) is 20.1. The number of aliphatic carboxylic acids is 2. The minimum Gasteiger partial charge on any atom is -0.481 e. The second kappa shape index (κ2) is 42.0. The van der Waals surface area contributed by atoms with Gasteiger partial charge in [-0.25, -0.2) is 9.59 Å². The van der Waals surface area contributed by atoms with Crippen LogP contribution in [-0.2, 0) is 35.3 Å². The van der Waals surface area contributed by atoms with Crippen molar-refractivity contribution in [3.05, 3.63) is 95.1 Å². The lowest BCUT2D eigenvalue weighted by molar-refractivity contribution is -0.138. The van der Waals surface area contributed by atoms with Gasteiger partial charge >= 0.3 is 24.0 Å². The van der Waals surface area contributed by atoms with Crippen molar-refractivity contribution >= 4 is 35.4 Å². The predicted octanol–water partition coefficient (Wildman–Crippen LogP) is 10.5. The zero-order chi connectivity index (χ0) is 54.8. The molecule has 0 bridgehead atoms. The Morgan fingerprint density at radius 2 is 0.947 bits per heavy atom. The number of aryl methyl sites for hydroxylation is 4. The van der Waals surface area contributed by atoms with Gasteiger partial charge in [-0.1, -0.05) is 166 Å². The molecule has 0 saturated carbocycles. The smallest absolute Gasteiger partial charge is 0.319 e. The van der Waals surface area contributed by atoms with Crippen LogP contribution in [-0.4, -0.2) is 126 Å². The highest BCUT2D eigenvalue weighted by Gasteiger charge is 2.24. The summed E-state index contributed by atoms with van der Waals surface area (Å²) in [6.45, 7) is 11.2. The van der Waals surface area contributed by atoms with E-state index in [1.807, 2.05) is 29.2 Å². The summed E-state index contributed by atoms with van der Waals surface area (Å²) in [5.41, 5.74) is 5.81. The SMILES string of the molecule is CCCCCCCCc1ccc(CCC(O)(CO)CO)cc1.CCCCCCCCc1ccc(N2CCN(CC(=O)O)CC2)cc1.CCCCCCCCc1ccc(NC(=O)NCCC(=O)O)cc1.O=C1NCCN1. The summed E-state index contributed by atoms with van der Waals surface area (Å²) in [5, 5.41) is 55.7. The summed E-state index contributed by atoms with van der Waals surface area (Å²) in [4.78, 5) is 47.1. The van der Waals surface area contributed by atoms with Crippen LogP contribution < -0.4 is 26.2 Å². The first-order valence-electron chi connectivity index (χ1n) is 28.5. The molecule has 15 nitrogen and oxygen atoms in total. The summed E-state index contributed by atoms with van der Waals surface area (Å²) in [6.07, 6.45) is 28.0. The Morgan fingerprint density at radius 1 is 0.547 bits per heavy atom. The normalized spacial score (nSPS) is 13.2. The minimum atomic E-state index is -1.36. The van der Waals surface area contributed by atoms with Crippen LogP contribution in [0.2, 0.25) is 0 Å². The number of aliphatic hydroxyl groups excluding tert-OH is 2. The Morgan fingerprint density at radius 3 is 1.33 bits per heavy atom. The lowest BCUT2D eigenvalue weighted by Gasteiger charge is -2.35. The number of carboxylic acid groups (broad SMARTS) is 2. The molecular formula is C60H98N6O9. The largest absolute Gasteiger partial charge is 0.481 e. The first kappa shape index (κ1) is 65.9. The van der Waals surface area contributed by atoms with Crippen molar-refractivity contribution in [3.8, 4) is 0 Å². The number of amides is 4. The van der Waals surface area contributed by atoms with Crippen molar-refractivity contribution < 1.29 is 44.7 Å². The number of unbranched alkanes of at least 4 members (excludes halogenated alkanes) is 15. The Balaban J connectivity index is 0.000000363. The molecule has 0 aliphatic carbocycles. The highest BCUT2D eigenvalue weighted by atomic mass is 16.4. The fourth-order valence-corrected chi connectivity index (χ4v) is 8.64. The van der Waals surface area contributed by atoms with Crippen molar-refractivity contribution in [1.29, 1.82) is 0 Å². The maximum atomic E-state index is 11.6. The summed E-state index contributed by atoms with van der Waals surface area (Å²) >= 11 is 0. The van der Waals surface area contributed by atoms with Gasteiger partial charge in [-0.05, 0) is 97.9 Å². The van der Waals surface area contributed by atoms with Crippen LogP contribution in [0.3, 0.4) is 0 Å². The minimum absolute atomic E-state index is 0.0463. The zero-order valence-corrected chi connectivity index (χ0v) is 46.2. The van der Waals surface area contributed by atoms with Crippen molar-refractivity contribution in [2.24, 2.45) is 0 Å². The van der Waals surface area contributed by atoms with E-state index in [1.54, 1.807) is 0 Å². The molecule has 2 heterocycles. The number of urea groups is 2. The van der Waals surface area contributed by atoms with Gasteiger partial charge in [0.2, 0.25) is 0 Å². The van der Waals surface area contributed by atoms with E-state index in [4.69, 9.17) is 20.4 Å². The number of nitrogens with one attached hydrogen (secondary N) is 4. The molecule has 0 atom stereocenters. The Labute approximate surface area is 450 Å². The quantitative estimate of drug-likeness (QED) is 0.0261. The van der Waals surface area contributed by atoms with Crippen molar-refractivity contribution in [3.63, 3.8) is 0 Å². The van der Waals surface area contributed by atoms with Crippen LogP contribution in [0.15, 0.2) is 72.8 Å². The molecule has 2 aliphatic rings. The molecule has 5 rings (SSSR count). The summed E-state index contributed by atoms with van der Waals surface area (Å²) in [5.74, 6) is -1.66. The van der Waals surface area contributed by atoms with Crippen LogP contribution in [0.25, 0.3) is 0 Å². The molecule has 3 aromatic carbocycles. The Hall–Kier alpha value is -5.22. The average Bonchev–Trinajstić information content (AvgIpc) is 3.91. The van der Waals surface area contributed by atoms with E-state index in [9.17, 15) is 24.3 Å². The Bertz CT molecular complexity index is 1910. The van der Waals surface area contributed by atoms with E-state index in [0.29, 0.717) is 18.5 Å². The molecule has 15 heteroatoms. The molecule has 2 fully saturated rings. The number of hydrogen-bond acceptors (Lipinski definition) is 9. The van der Waals surface area contributed by atoms with Gasteiger partial charge in [0.15, 0.2) is 0 Å². The van der Waals surface area contributed by atoms with Gasteiger partial charge in [0.25, 0.3) is 0 Å². The second-order valence-electron chi connectivity index (χ2n) is 20.1. The number of hydrogen-bond donors (Lipinski definition) is 9. The molecule has 0 unspecified atom stereocenters. The summed E-state index contributed by atoms with van der Waals surface area (Å²) < 4.78 is 0. The van der Waals surface area contributed by atoms with Gasteiger partial charge in [0.05, 0.1) is 26.2 Å². The highest BCUT2D eigenvalue weighted by molar-refractivity contribution is 5.89. The number of carbonyl (C=O) groups is 4. The van der Waals surface area contributed by atoms with Gasteiger partial charge in [-0.2, -0.15) is 0 Å². The first-order chi connectivity index (χ1) is 36.3. The van der Waals surface area contributed by atoms with Crippen LogP contribution in [0, 0.1) is 0 Å². The molecule has 2 aliphatic heterocycles. The highest BCUT2D eigenvalue weighted by Crippen LogP contribution is 2.20. The molecule has 0 aromatic heterocycles. The number of benzene rings is 3. The molecule has 9 N–H and O–H groups in total. The van der Waals surface area contributed by atoms with Crippen LogP contribution >= 0.6 is 0 Å². The monoisotopic (exact) mass is 1050 g/mol. The predicted molar refractivity (Wildman–Crippen MR) is 305 cm³/mol. The summed E-state index contributed by atoms with van der Waals surface area (Å²) in [6, 6.07) is 24.8. The molecular weight excluding hydrogens is 949 g/mol. The van der Waals surface area contributed by atoms with E-state index in [2.05, 4.69) is 95.5 Å². The molecule has 4 amide bonds. The molecule has 2 saturated heterocycles. The van der Waals surface area contributed by atoms with Crippen LogP contribution in [0.1, 0.15) is 171 Å². The average molecular weight is 1050 g/mol. The van der Waals surface area contributed by atoms with E-state index in [0.717, 1.165) is 57.7 Å². The lowest BCUT2D eigenvalue weighted by Crippen LogP contribution is -2.47. The van der Waals surface area contributed by atoms with Gasteiger partial charge in [-0.3, -0.25) is 14.5 Å². The zero-order valence-electron chi connectivity index (χ0n) is 46.2. The van der Waals surface area contributed by atoms with Crippen LogP contribution in [0.5, 0.6) is 0 Å². The fourth-order valence-electron chi connectivity index (χ4n) is 8.64. The maximum absolute atomic E-state index is 11.6. The number of rotatable bonds is 33. The number of anilines is 2. The van der Waals surface area contributed by atoms with Gasteiger partial charge in [0, 0.05) is 57.2 Å². The van der Waals surface area contributed by atoms with Gasteiger partial charge in [-0.15, -0.1) is 0 Å². The number of piperazine rings is 1. The topological polar surface area (TPSA) is 224 Å². The van der Waals surface area contributed by atoms with E-state index >= 15 is 0 Å². The number of aliphatic hydroxyl groups is 3. The lowest BCUT2D eigenvalue weighted by atomic mass is 9.95. The molecule has 422 valence electrons. The van der Waals surface area contributed by atoms with Crippen LogP contribution in [0.4, 0.5) is 21.0 Å². The van der Waals surface area contributed by atoms with E-state index < -0.39 is 30.8 Å². The van der Waals surface area contributed by atoms with E-state index in [-0.39, 0.29) is 31.6 Å². The third-order valence-electron chi connectivity index (χ3n) is 13.5. The third-order valence-corrected chi connectivity index (χ3v) is 13.5. The standard InChI is InChI=1S/C20H32N2O2.C19H32O3.C18H28N2O3.C3H6N2O/c1-2-3-4-5-6-7-8-18-9-11-19(12-10-18)22-15-13-21(14-16-22)17-20(23)24;1-2-3-4-5-6-7-8-17-9-11-18(12-10-17)13-14-19(22,15-20)16-21;1-2-3-4-5-6-7-8-15-9-11-16(12-10-15)20-18(23)19-14-13-17(21)22;6-3-4-1-2-5-3/h9-12H,2-8,13-17H2,1H3,(H,23,24);9-12,20-22H,2-8,13-16H2,1H3;9-12H,2-8,13-14H2,1H3,(H,21,22)(H2,19,20,23);1-2H2,(H2,4,5,6). The van der Waals surface area contributed by atoms with Crippen molar-refractivity contribution in [2.75, 3.05) is 75.8 Å². The number of nitrogens with zero attached hydrogens (tertiary/aromatic N) is 2. The molecule has 75 heavy (non-hydrogen) atoms. The van der Waals surface area contributed by atoms with Crippen molar-refractivity contribution in [1.82, 2.24) is 20.9 Å². The van der Waals surface area contributed by atoms with Gasteiger partial charge in [0.1, 0.15) is 5.60 Å². The first-order valence-corrected chi connectivity index (χ1v) is 28.5. The van der Waals surface area contributed by atoms with Crippen molar-refractivity contribution in [2.45, 2.75) is 180 Å². The molecule has 0 radical (unpaired) electrons. The van der Waals surface area contributed by atoms with E-state index in [1.165, 1.54) is 144 Å². The summed E-state index contributed by atoms with van der Waals surface area (Å²) in [7, 11) is 0. The Kier molecular flexibility index (Phi) is 36.9. The third kappa shape index (κ3) is 33.4. The fraction of sp³-hybridized carbons (Fsp3) is 0.633. The number of carbonyl (C=O) groups excluding carboxylic acids is 2.